The molecule has 1 aliphatic heterocycles. The summed E-state index contributed by atoms with van der Waals surface area (Å²) in [4.78, 5) is 23.1. The van der Waals surface area contributed by atoms with Gasteiger partial charge in [-0.25, -0.2) is 0 Å². The first-order valence-corrected chi connectivity index (χ1v) is 8.82. The van der Waals surface area contributed by atoms with E-state index in [0.717, 1.165) is 32.4 Å². The van der Waals surface area contributed by atoms with Crippen LogP contribution in [0.4, 0.5) is 0 Å². The standard InChI is InChI=1S/C21H21N3O/c25-21(18-7-3-9-22-13-18)24-10-4-5-16(15-24)11-19-14-23-12-17-6-1-2-8-20(17)19/h1-3,6-9,12-14,16H,4-5,10-11,15H2/t16-/m1/s1. The molecule has 4 rings (SSSR count). The van der Waals surface area contributed by atoms with Crippen LogP contribution in [0.5, 0.6) is 0 Å². The maximum Gasteiger partial charge on any atom is 0.255 e. The van der Waals surface area contributed by atoms with Gasteiger partial charge in [-0.05, 0) is 48.3 Å². The van der Waals surface area contributed by atoms with Crippen LogP contribution in [0.2, 0.25) is 0 Å². The molecule has 3 aromatic rings. The van der Waals surface area contributed by atoms with Crippen LogP contribution in [0.15, 0.2) is 61.2 Å². The molecule has 2 aromatic heterocycles. The van der Waals surface area contributed by atoms with Crippen molar-refractivity contribution in [1.29, 1.82) is 0 Å². The number of hydrogen-bond donors (Lipinski definition) is 0. The molecule has 0 saturated carbocycles. The Hall–Kier alpha value is -2.75. The van der Waals surface area contributed by atoms with E-state index in [2.05, 4.69) is 28.2 Å². The molecule has 1 amide bonds. The summed E-state index contributed by atoms with van der Waals surface area (Å²) in [6.45, 7) is 1.63. The molecule has 1 saturated heterocycles. The Bertz CT molecular complexity index is 873. The predicted molar refractivity (Wildman–Crippen MR) is 98.3 cm³/mol. The van der Waals surface area contributed by atoms with Gasteiger partial charge >= 0.3 is 0 Å². The monoisotopic (exact) mass is 331 g/mol. The summed E-state index contributed by atoms with van der Waals surface area (Å²) in [7, 11) is 0. The van der Waals surface area contributed by atoms with Crippen molar-refractivity contribution in [2.45, 2.75) is 19.3 Å². The molecule has 0 unspecified atom stereocenters. The number of carbonyl (C=O) groups is 1. The molecule has 0 N–H and O–H groups in total. The molecule has 4 heteroatoms. The van der Waals surface area contributed by atoms with Crippen LogP contribution in [0.25, 0.3) is 10.8 Å². The number of nitrogens with zero attached hydrogens (tertiary/aromatic N) is 3. The second-order valence-corrected chi connectivity index (χ2v) is 6.73. The van der Waals surface area contributed by atoms with Crippen molar-refractivity contribution in [2.24, 2.45) is 5.92 Å². The van der Waals surface area contributed by atoms with Crippen molar-refractivity contribution >= 4 is 16.7 Å². The number of likely N-dealkylation sites (tertiary alicyclic amines) is 1. The second-order valence-electron chi connectivity index (χ2n) is 6.73. The Morgan fingerprint density at radius 3 is 2.88 bits per heavy atom. The lowest BCUT2D eigenvalue weighted by Crippen LogP contribution is -2.40. The van der Waals surface area contributed by atoms with Gasteiger partial charge in [-0.15, -0.1) is 0 Å². The van der Waals surface area contributed by atoms with Crippen molar-refractivity contribution in [2.75, 3.05) is 13.1 Å². The third kappa shape index (κ3) is 3.38. The molecule has 1 aromatic carbocycles. The maximum absolute atomic E-state index is 12.7. The summed E-state index contributed by atoms with van der Waals surface area (Å²) in [5.41, 5.74) is 1.95. The summed E-state index contributed by atoms with van der Waals surface area (Å²) in [5.74, 6) is 0.566. The van der Waals surface area contributed by atoms with E-state index >= 15 is 0 Å². The lowest BCUT2D eigenvalue weighted by molar-refractivity contribution is 0.0673. The van der Waals surface area contributed by atoms with Gasteiger partial charge < -0.3 is 4.90 Å². The molecule has 1 fully saturated rings. The fourth-order valence-corrected chi connectivity index (χ4v) is 3.74. The number of benzene rings is 1. The highest BCUT2D eigenvalue weighted by Crippen LogP contribution is 2.25. The van der Waals surface area contributed by atoms with Crippen LogP contribution in [-0.4, -0.2) is 33.9 Å². The van der Waals surface area contributed by atoms with Crippen LogP contribution >= 0.6 is 0 Å². The molecular weight excluding hydrogens is 310 g/mol. The SMILES string of the molecule is O=C(c1cccnc1)N1CCC[C@H](Cc2cncc3ccccc23)C1. The molecule has 0 spiro atoms. The molecule has 3 heterocycles. The van der Waals surface area contributed by atoms with Crippen molar-refractivity contribution in [1.82, 2.24) is 14.9 Å². The van der Waals surface area contributed by atoms with Crippen LogP contribution in [0.1, 0.15) is 28.8 Å². The van der Waals surface area contributed by atoms with Crippen LogP contribution in [0.3, 0.4) is 0 Å². The largest absolute Gasteiger partial charge is 0.338 e. The fraction of sp³-hybridized carbons (Fsp3) is 0.286. The molecule has 1 aliphatic rings. The predicted octanol–water partition coefficient (Wildman–Crippen LogP) is 3.72. The van der Waals surface area contributed by atoms with Gasteiger partial charge in [0.25, 0.3) is 5.91 Å². The highest BCUT2D eigenvalue weighted by atomic mass is 16.2. The topological polar surface area (TPSA) is 46.1 Å². The van der Waals surface area contributed by atoms with Gasteiger partial charge in [-0.1, -0.05) is 24.3 Å². The molecule has 0 aliphatic carbocycles. The van der Waals surface area contributed by atoms with Crippen molar-refractivity contribution in [3.05, 3.63) is 72.3 Å². The van der Waals surface area contributed by atoms with E-state index in [-0.39, 0.29) is 5.91 Å². The third-order valence-corrected chi connectivity index (χ3v) is 4.97. The Morgan fingerprint density at radius 1 is 1.08 bits per heavy atom. The Morgan fingerprint density at radius 2 is 2.00 bits per heavy atom. The zero-order valence-electron chi connectivity index (χ0n) is 14.1. The number of hydrogen-bond acceptors (Lipinski definition) is 3. The fourth-order valence-electron chi connectivity index (χ4n) is 3.74. The number of pyridine rings is 2. The number of piperidine rings is 1. The molecular formula is C21H21N3O. The van der Waals surface area contributed by atoms with E-state index in [0.29, 0.717) is 11.5 Å². The molecule has 4 nitrogen and oxygen atoms in total. The first-order chi connectivity index (χ1) is 12.3. The summed E-state index contributed by atoms with van der Waals surface area (Å²) in [6, 6.07) is 12.0. The zero-order chi connectivity index (χ0) is 17.1. The number of aromatic nitrogens is 2. The highest BCUT2D eigenvalue weighted by molar-refractivity contribution is 5.94. The van der Waals surface area contributed by atoms with Gasteiger partial charge in [0.05, 0.1) is 5.56 Å². The molecule has 126 valence electrons. The van der Waals surface area contributed by atoms with Crippen molar-refractivity contribution in [3.8, 4) is 0 Å². The molecule has 25 heavy (non-hydrogen) atoms. The quantitative estimate of drug-likeness (QED) is 0.735. The van der Waals surface area contributed by atoms with Gasteiger partial charge in [0.1, 0.15) is 0 Å². The van der Waals surface area contributed by atoms with Gasteiger partial charge in [0.15, 0.2) is 0 Å². The van der Waals surface area contributed by atoms with E-state index in [1.54, 1.807) is 12.4 Å². The number of carbonyl (C=O) groups excluding carboxylic acids is 1. The summed E-state index contributed by atoms with van der Waals surface area (Å²) in [5, 5.41) is 2.45. The zero-order valence-corrected chi connectivity index (χ0v) is 14.1. The molecule has 1 atom stereocenters. The summed E-state index contributed by atoms with van der Waals surface area (Å²) >= 11 is 0. The Labute approximate surface area is 147 Å². The van der Waals surface area contributed by atoms with E-state index in [4.69, 9.17) is 0 Å². The van der Waals surface area contributed by atoms with E-state index < -0.39 is 0 Å². The lowest BCUT2D eigenvalue weighted by Gasteiger charge is -2.33. The van der Waals surface area contributed by atoms with Gasteiger partial charge in [-0.3, -0.25) is 14.8 Å². The van der Waals surface area contributed by atoms with Gasteiger partial charge in [-0.2, -0.15) is 0 Å². The molecule has 0 bridgehead atoms. The first-order valence-electron chi connectivity index (χ1n) is 8.82. The third-order valence-electron chi connectivity index (χ3n) is 4.97. The summed E-state index contributed by atoms with van der Waals surface area (Å²) in [6.07, 6.45) is 10.4. The van der Waals surface area contributed by atoms with E-state index in [1.165, 1.54) is 16.3 Å². The summed E-state index contributed by atoms with van der Waals surface area (Å²) < 4.78 is 0. The number of amides is 1. The maximum atomic E-state index is 12.7. The minimum absolute atomic E-state index is 0.0915. The van der Waals surface area contributed by atoms with Crippen molar-refractivity contribution in [3.63, 3.8) is 0 Å². The smallest absolute Gasteiger partial charge is 0.255 e. The van der Waals surface area contributed by atoms with Crippen LogP contribution in [-0.2, 0) is 6.42 Å². The van der Waals surface area contributed by atoms with E-state index in [1.807, 2.05) is 35.5 Å². The van der Waals surface area contributed by atoms with Crippen molar-refractivity contribution < 1.29 is 4.79 Å². The average molecular weight is 331 g/mol. The highest BCUT2D eigenvalue weighted by Gasteiger charge is 2.25. The Kier molecular flexibility index (Phi) is 4.42. The number of fused-ring (bicyclic) bond motifs is 1. The Balaban J connectivity index is 1.51. The van der Waals surface area contributed by atoms with Gasteiger partial charge in [0, 0.05) is 43.3 Å². The normalized spacial score (nSPS) is 17.6. The van der Waals surface area contributed by atoms with E-state index in [9.17, 15) is 4.79 Å². The minimum atomic E-state index is 0.0915. The minimum Gasteiger partial charge on any atom is -0.338 e. The average Bonchev–Trinajstić information content (AvgIpc) is 2.69. The second kappa shape index (κ2) is 7.01. The van der Waals surface area contributed by atoms with Crippen LogP contribution in [0, 0.1) is 5.92 Å². The van der Waals surface area contributed by atoms with Gasteiger partial charge in [0.2, 0.25) is 0 Å². The van der Waals surface area contributed by atoms with Crippen LogP contribution < -0.4 is 0 Å². The lowest BCUT2D eigenvalue weighted by atomic mass is 9.90. The molecule has 0 radical (unpaired) electrons. The first kappa shape index (κ1) is 15.8. The number of rotatable bonds is 3.